The fraction of sp³-hybridized carbons (Fsp3) is 0.385. The molecule has 1 aliphatic rings. The van der Waals surface area contributed by atoms with Crippen LogP contribution in [0.4, 0.5) is 0 Å². The van der Waals surface area contributed by atoms with Crippen molar-refractivity contribution in [1.29, 1.82) is 0 Å². The standard InChI is InChI=1S/C12H14.CH4/c1-2-5-10-8-9-11-6-3-4-7-12(10)11;/h3-4,6-8H,2,5,9H2,1H3;1H4. The van der Waals surface area contributed by atoms with E-state index < -0.39 is 0 Å². The molecular weight excluding hydrogens is 156 g/mol. The number of benzene rings is 1. The van der Waals surface area contributed by atoms with Gasteiger partial charge in [0.05, 0.1) is 0 Å². The van der Waals surface area contributed by atoms with Crippen LogP contribution in [0.3, 0.4) is 0 Å². The van der Waals surface area contributed by atoms with Gasteiger partial charge in [-0.15, -0.1) is 0 Å². The summed E-state index contributed by atoms with van der Waals surface area (Å²) in [4.78, 5) is 0. The van der Waals surface area contributed by atoms with Gasteiger partial charge in [-0.1, -0.05) is 51.1 Å². The second-order valence-electron chi connectivity index (χ2n) is 3.34. The van der Waals surface area contributed by atoms with E-state index in [1.54, 1.807) is 5.57 Å². The normalized spacial score (nSPS) is 13.2. The second kappa shape index (κ2) is 4.27. The first kappa shape index (κ1) is 10.0. The molecule has 0 atom stereocenters. The maximum atomic E-state index is 2.37. The van der Waals surface area contributed by atoms with Crippen molar-refractivity contribution in [3.05, 3.63) is 41.5 Å². The van der Waals surface area contributed by atoms with E-state index in [4.69, 9.17) is 0 Å². The van der Waals surface area contributed by atoms with Crippen LogP contribution in [-0.4, -0.2) is 0 Å². The van der Waals surface area contributed by atoms with Gasteiger partial charge in [-0.25, -0.2) is 0 Å². The molecule has 0 heterocycles. The molecule has 0 radical (unpaired) electrons. The van der Waals surface area contributed by atoms with E-state index >= 15 is 0 Å². The van der Waals surface area contributed by atoms with Crippen LogP contribution < -0.4 is 0 Å². The van der Waals surface area contributed by atoms with Gasteiger partial charge in [0, 0.05) is 0 Å². The average molecular weight is 174 g/mol. The highest BCUT2D eigenvalue weighted by atomic mass is 14.2. The lowest BCUT2D eigenvalue weighted by molar-refractivity contribution is 0.975. The quantitative estimate of drug-likeness (QED) is 0.634. The van der Waals surface area contributed by atoms with Crippen molar-refractivity contribution in [2.24, 2.45) is 0 Å². The summed E-state index contributed by atoms with van der Waals surface area (Å²) in [6.45, 7) is 2.24. The van der Waals surface area contributed by atoms with Crippen molar-refractivity contribution in [2.75, 3.05) is 0 Å². The molecular formula is C13H18. The predicted molar refractivity (Wildman–Crippen MR) is 59.8 cm³/mol. The lowest BCUT2D eigenvalue weighted by Gasteiger charge is -2.02. The molecule has 1 aliphatic carbocycles. The number of hydrogen-bond donors (Lipinski definition) is 0. The van der Waals surface area contributed by atoms with Gasteiger partial charge < -0.3 is 0 Å². The van der Waals surface area contributed by atoms with Crippen LogP contribution in [0.25, 0.3) is 5.57 Å². The van der Waals surface area contributed by atoms with Crippen molar-refractivity contribution in [3.8, 4) is 0 Å². The predicted octanol–water partition coefficient (Wildman–Crippen LogP) is 4.06. The van der Waals surface area contributed by atoms with Gasteiger partial charge in [-0.3, -0.25) is 0 Å². The lowest BCUT2D eigenvalue weighted by Crippen LogP contribution is -1.82. The van der Waals surface area contributed by atoms with Crippen LogP contribution in [-0.2, 0) is 6.42 Å². The average Bonchev–Trinajstić information content (AvgIpc) is 2.50. The minimum atomic E-state index is 0. The van der Waals surface area contributed by atoms with E-state index in [9.17, 15) is 0 Å². The van der Waals surface area contributed by atoms with Crippen molar-refractivity contribution in [1.82, 2.24) is 0 Å². The Balaban J connectivity index is 0.000000845. The Morgan fingerprint density at radius 3 is 2.77 bits per heavy atom. The zero-order valence-corrected chi connectivity index (χ0v) is 7.51. The molecule has 0 saturated carbocycles. The van der Waals surface area contributed by atoms with E-state index in [1.165, 1.54) is 24.0 Å². The molecule has 0 saturated heterocycles. The Morgan fingerprint density at radius 2 is 2.00 bits per heavy atom. The Morgan fingerprint density at radius 1 is 1.23 bits per heavy atom. The minimum Gasteiger partial charge on any atom is -0.0776 e. The molecule has 0 unspecified atom stereocenters. The van der Waals surface area contributed by atoms with E-state index in [2.05, 4.69) is 37.3 Å². The summed E-state index contributed by atoms with van der Waals surface area (Å²) in [7, 11) is 0. The van der Waals surface area contributed by atoms with Crippen LogP contribution >= 0.6 is 0 Å². The summed E-state index contributed by atoms with van der Waals surface area (Å²) in [6, 6.07) is 8.73. The molecule has 0 aromatic heterocycles. The summed E-state index contributed by atoms with van der Waals surface area (Å²) in [5, 5.41) is 0. The molecule has 0 aliphatic heterocycles. The molecule has 0 N–H and O–H groups in total. The molecule has 0 nitrogen and oxygen atoms in total. The largest absolute Gasteiger partial charge is 0.0776 e. The van der Waals surface area contributed by atoms with E-state index in [0.717, 1.165) is 6.42 Å². The van der Waals surface area contributed by atoms with Gasteiger partial charge in [0.25, 0.3) is 0 Å². The fourth-order valence-electron chi connectivity index (χ4n) is 1.86. The Kier molecular flexibility index (Phi) is 3.30. The monoisotopic (exact) mass is 174 g/mol. The van der Waals surface area contributed by atoms with Crippen LogP contribution in [0.15, 0.2) is 30.3 Å². The molecule has 13 heavy (non-hydrogen) atoms. The first-order valence-corrected chi connectivity index (χ1v) is 4.69. The Hall–Kier alpha value is -1.04. The molecule has 1 aromatic carbocycles. The second-order valence-corrected chi connectivity index (χ2v) is 3.34. The maximum Gasteiger partial charge on any atom is -0.00854 e. The smallest absolute Gasteiger partial charge is 0.00854 e. The minimum absolute atomic E-state index is 0. The summed E-state index contributed by atoms with van der Waals surface area (Å²) in [5.41, 5.74) is 4.54. The number of fused-ring (bicyclic) bond motifs is 1. The third kappa shape index (κ3) is 1.82. The summed E-state index contributed by atoms with van der Waals surface area (Å²) in [5.74, 6) is 0. The van der Waals surface area contributed by atoms with Crippen LogP contribution in [0, 0.1) is 0 Å². The van der Waals surface area contributed by atoms with Crippen LogP contribution in [0.5, 0.6) is 0 Å². The van der Waals surface area contributed by atoms with E-state index in [-0.39, 0.29) is 7.43 Å². The van der Waals surface area contributed by atoms with Crippen molar-refractivity contribution in [3.63, 3.8) is 0 Å². The fourth-order valence-corrected chi connectivity index (χ4v) is 1.86. The zero-order chi connectivity index (χ0) is 8.39. The van der Waals surface area contributed by atoms with Crippen LogP contribution in [0.2, 0.25) is 0 Å². The maximum absolute atomic E-state index is 2.37. The Bertz CT molecular complexity index is 308. The van der Waals surface area contributed by atoms with Gasteiger partial charge in [0.15, 0.2) is 0 Å². The lowest BCUT2D eigenvalue weighted by atomic mass is 10.0. The van der Waals surface area contributed by atoms with Crippen LogP contribution in [0.1, 0.15) is 38.3 Å². The van der Waals surface area contributed by atoms with E-state index in [1.807, 2.05) is 0 Å². The highest BCUT2D eigenvalue weighted by Crippen LogP contribution is 2.29. The van der Waals surface area contributed by atoms with Crippen molar-refractivity contribution in [2.45, 2.75) is 33.6 Å². The highest BCUT2D eigenvalue weighted by Gasteiger charge is 2.11. The van der Waals surface area contributed by atoms with Gasteiger partial charge in [-0.2, -0.15) is 0 Å². The molecule has 0 bridgehead atoms. The third-order valence-electron chi connectivity index (χ3n) is 2.45. The Labute approximate surface area is 81.3 Å². The summed E-state index contributed by atoms with van der Waals surface area (Å²) >= 11 is 0. The van der Waals surface area contributed by atoms with Gasteiger partial charge in [0.1, 0.15) is 0 Å². The highest BCUT2D eigenvalue weighted by molar-refractivity contribution is 5.72. The molecule has 70 valence electrons. The third-order valence-corrected chi connectivity index (χ3v) is 2.45. The molecule has 2 rings (SSSR count). The molecule has 0 amide bonds. The SMILES string of the molecule is C.CCCC1=CCc2ccccc21. The zero-order valence-electron chi connectivity index (χ0n) is 7.51. The van der Waals surface area contributed by atoms with Gasteiger partial charge in [0.2, 0.25) is 0 Å². The number of rotatable bonds is 2. The van der Waals surface area contributed by atoms with Gasteiger partial charge >= 0.3 is 0 Å². The molecule has 0 fully saturated rings. The first-order valence-electron chi connectivity index (χ1n) is 4.69. The topological polar surface area (TPSA) is 0 Å². The molecule has 0 heteroatoms. The van der Waals surface area contributed by atoms with Crippen molar-refractivity contribution >= 4 is 5.57 Å². The first-order chi connectivity index (χ1) is 5.92. The van der Waals surface area contributed by atoms with Gasteiger partial charge in [-0.05, 0) is 29.5 Å². The summed E-state index contributed by atoms with van der Waals surface area (Å²) < 4.78 is 0. The molecule has 1 aromatic rings. The molecule has 0 spiro atoms. The number of allylic oxidation sites excluding steroid dienone is 2. The summed E-state index contributed by atoms with van der Waals surface area (Å²) in [6.07, 6.45) is 6.00. The number of hydrogen-bond acceptors (Lipinski definition) is 0. The van der Waals surface area contributed by atoms with Crippen molar-refractivity contribution < 1.29 is 0 Å². The van der Waals surface area contributed by atoms with E-state index in [0.29, 0.717) is 0 Å².